The summed E-state index contributed by atoms with van der Waals surface area (Å²) in [5, 5.41) is 2.06. The molecule has 152 valence electrons. The Balaban J connectivity index is 2.21. The minimum absolute atomic E-state index is 0.00282. The molecule has 0 saturated carbocycles. The highest BCUT2D eigenvalue weighted by Crippen LogP contribution is 2.33. The predicted octanol–water partition coefficient (Wildman–Crippen LogP) is 4.19. The second-order valence-corrected chi connectivity index (χ2v) is 7.84. The smallest absolute Gasteiger partial charge is 0.323 e. The fourth-order valence-electron chi connectivity index (χ4n) is 2.21. The minimum Gasteiger partial charge on any atom is -0.323 e. The highest BCUT2D eigenvalue weighted by Gasteiger charge is 2.31. The maximum Gasteiger partial charge on any atom is 0.416 e. The van der Waals surface area contributed by atoms with Crippen LogP contribution in [0.5, 0.6) is 0 Å². The van der Waals surface area contributed by atoms with E-state index >= 15 is 0 Å². The molecule has 0 spiro atoms. The first kappa shape index (κ1) is 22.1. The SMILES string of the molecule is CCC(NS(=O)(=O)c1ccc(F)cc1)C(=O)Nc1cc(C(F)(F)F)ccc1Cl. The van der Waals surface area contributed by atoms with Crippen molar-refractivity contribution in [3.05, 3.63) is 58.9 Å². The standard InChI is InChI=1S/C17H15ClF4N2O3S/c1-2-14(24-28(26,27)12-6-4-11(19)5-7-12)16(25)23-15-9-10(17(20,21)22)3-8-13(15)18/h3-9,14,24H,2H2,1H3,(H,23,25). The number of anilines is 1. The fourth-order valence-corrected chi connectivity index (χ4v) is 3.65. The molecule has 2 N–H and O–H groups in total. The van der Waals surface area contributed by atoms with E-state index in [9.17, 15) is 30.8 Å². The normalized spacial score (nSPS) is 13.2. The van der Waals surface area contributed by atoms with Gasteiger partial charge in [-0.25, -0.2) is 12.8 Å². The molecule has 0 aliphatic heterocycles. The molecule has 5 nitrogen and oxygen atoms in total. The maximum absolute atomic E-state index is 13.0. The van der Waals surface area contributed by atoms with Crippen molar-refractivity contribution >= 4 is 33.2 Å². The van der Waals surface area contributed by atoms with Gasteiger partial charge in [-0.3, -0.25) is 4.79 Å². The van der Waals surface area contributed by atoms with Crippen molar-refractivity contribution in [1.29, 1.82) is 0 Å². The van der Waals surface area contributed by atoms with Crippen LogP contribution in [0.25, 0.3) is 0 Å². The lowest BCUT2D eigenvalue weighted by atomic mass is 10.1. The summed E-state index contributed by atoms with van der Waals surface area (Å²) in [6.07, 6.45) is -4.64. The van der Waals surface area contributed by atoms with Crippen molar-refractivity contribution in [2.75, 3.05) is 5.32 Å². The summed E-state index contributed by atoms with van der Waals surface area (Å²) >= 11 is 5.83. The molecule has 0 saturated heterocycles. The summed E-state index contributed by atoms with van der Waals surface area (Å²) in [5.74, 6) is -1.53. The summed E-state index contributed by atoms with van der Waals surface area (Å²) in [4.78, 5) is 12.1. The fraction of sp³-hybridized carbons (Fsp3) is 0.235. The van der Waals surface area contributed by atoms with E-state index in [-0.39, 0.29) is 22.0 Å². The van der Waals surface area contributed by atoms with Crippen LogP contribution in [0.3, 0.4) is 0 Å². The van der Waals surface area contributed by atoms with Crippen LogP contribution in [0.1, 0.15) is 18.9 Å². The van der Waals surface area contributed by atoms with Crippen molar-refractivity contribution < 1.29 is 30.8 Å². The molecule has 0 radical (unpaired) electrons. The van der Waals surface area contributed by atoms with Gasteiger partial charge in [-0.05, 0) is 48.9 Å². The van der Waals surface area contributed by atoms with Crippen LogP contribution >= 0.6 is 11.6 Å². The number of halogens is 5. The van der Waals surface area contributed by atoms with Crippen molar-refractivity contribution in [3.63, 3.8) is 0 Å². The molecule has 2 rings (SSSR count). The van der Waals surface area contributed by atoms with Crippen LogP contribution in [-0.4, -0.2) is 20.4 Å². The number of carbonyl (C=O) groups excluding carboxylic acids is 1. The molecule has 0 fully saturated rings. The van der Waals surface area contributed by atoms with Gasteiger partial charge in [0.1, 0.15) is 11.9 Å². The topological polar surface area (TPSA) is 75.3 Å². The van der Waals surface area contributed by atoms with Crippen LogP contribution in [-0.2, 0) is 21.0 Å². The lowest BCUT2D eigenvalue weighted by molar-refractivity contribution is -0.137. The van der Waals surface area contributed by atoms with E-state index in [4.69, 9.17) is 11.6 Å². The summed E-state index contributed by atoms with van der Waals surface area (Å²) in [6, 6.07) is 5.02. The van der Waals surface area contributed by atoms with Gasteiger partial charge in [0.05, 0.1) is 21.2 Å². The predicted molar refractivity (Wildman–Crippen MR) is 95.9 cm³/mol. The summed E-state index contributed by atoms with van der Waals surface area (Å²) in [5.41, 5.74) is -1.33. The molecule has 2 aromatic rings. The first-order valence-corrected chi connectivity index (χ1v) is 9.75. The Morgan fingerprint density at radius 3 is 2.29 bits per heavy atom. The Morgan fingerprint density at radius 2 is 1.75 bits per heavy atom. The lowest BCUT2D eigenvalue weighted by Gasteiger charge is -2.18. The average molecular weight is 439 g/mol. The van der Waals surface area contributed by atoms with Crippen LogP contribution < -0.4 is 10.0 Å². The summed E-state index contributed by atoms with van der Waals surface area (Å²) in [6.45, 7) is 1.51. The first-order chi connectivity index (χ1) is 12.9. The largest absolute Gasteiger partial charge is 0.416 e. The summed E-state index contributed by atoms with van der Waals surface area (Å²) in [7, 11) is -4.16. The van der Waals surface area contributed by atoms with Crippen LogP contribution in [0.2, 0.25) is 5.02 Å². The van der Waals surface area contributed by atoms with E-state index in [2.05, 4.69) is 10.0 Å². The molecule has 28 heavy (non-hydrogen) atoms. The molecule has 0 heterocycles. The Kier molecular flexibility index (Phi) is 6.68. The third-order valence-electron chi connectivity index (χ3n) is 3.70. The van der Waals surface area contributed by atoms with Crippen molar-refractivity contribution in [3.8, 4) is 0 Å². The number of carbonyl (C=O) groups is 1. The van der Waals surface area contributed by atoms with Crippen molar-refractivity contribution in [2.24, 2.45) is 0 Å². The molecule has 0 aliphatic rings. The Morgan fingerprint density at radius 1 is 1.14 bits per heavy atom. The monoisotopic (exact) mass is 438 g/mol. The molecule has 0 bridgehead atoms. The van der Waals surface area contributed by atoms with E-state index in [1.54, 1.807) is 0 Å². The van der Waals surface area contributed by atoms with Crippen LogP contribution in [0, 0.1) is 5.82 Å². The molecule has 1 atom stereocenters. The van der Waals surface area contributed by atoms with E-state index < -0.39 is 39.5 Å². The highest BCUT2D eigenvalue weighted by atomic mass is 35.5. The number of sulfonamides is 1. The molecular formula is C17H15ClF4N2O3S. The third kappa shape index (κ3) is 5.43. The second kappa shape index (κ2) is 8.46. The van der Waals surface area contributed by atoms with E-state index in [1.165, 1.54) is 6.92 Å². The molecule has 11 heteroatoms. The van der Waals surface area contributed by atoms with E-state index in [1.807, 2.05) is 0 Å². The number of amides is 1. The van der Waals surface area contributed by atoms with E-state index in [0.29, 0.717) is 6.07 Å². The highest BCUT2D eigenvalue weighted by molar-refractivity contribution is 7.89. The molecular weight excluding hydrogens is 424 g/mol. The second-order valence-electron chi connectivity index (χ2n) is 5.72. The van der Waals surface area contributed by atoms with Gasteiger partial charge >= 0.3 is 6.18 Å². The zero-order chi connectivity index (χ0) is 21.1. The minimum atomic E-state index is -4.64. The van der Waals surface area contributed by atoms with Gasteiger partial charge in [0.15, 0.2) is 0 Å². The summed E-state index contributed by atoms with van der Waals surface area (Å²) < 4.78 is 78.2. The van der Waals surface area contributed by atoms with E-state index in [0.717, 1.165) is 36.4 Å². The van der Waals surface area contributed by atoms with Gasteiger partial charge in [0, 0.05) is 0 Å². The van der Waals surface area contributed by atoms with Gasteiger partial charge < -0.3 is 5.32 Å². The van der Waals surface area contributed by atoms with Gasteiger partial charge in [-0.1, -0.05) is 18.5 Å². The number of rotatable bonds is 6. The number of benzene rings is 2. The van der Waals surface area contributed by atoms with Gasteiger partial charge in [-0.15, -0.1) is 0 Å². The average Bonchev–Trinajstić information content (AvgIpc) is 2.60. The molecule has 2 aromatic carbocycles. The van der Waals surface area contributed by atoms with Gasteiger partial charge in [-0.2, -0.15) is 17.9 Å². The number of nitrogens with one attached hydrogen (secondary N) is 2. The Labute approximate surface area is 163 Å². The zero-order valence-electron chi connectivity index (χ0n) is 14.3. The van der Waals surface area contributed by atoms with Crippen LogP contribution in [0.15, 0.2) is 47.4 Å². The molecule has 1 unspecified atom stereocenters. The third-order valence-corrected chi connectivity index (χ3v) is 5.51. The zero-order valence-corrected chi connectivity index (χ0v) is 15.9. The number of hydrogen-bond donors (Lipinski definition) is 2. The molecule has 0 aliphatic carbocycles. The number of hydrogen-bond acceptors (Lipinski definition) is 3. The molecule has 1 amide bonds. The quantitative estimate of drug-likeness (QED) is 0.664. The van der Waals surface area contributed by atoms with Crippen molar-refractivity contribution in [1.82, 2.24) is 4.72 Å². The van der Waals surface area contributed by atoms with Crippen LogP contribution in [0.4, 0.5) is 23.2 Å². The van der Waals surface area contributed by atoms with Gasteiger partial charge in [0.25, 0.3) is 0 Å². The van der Waals surface area contributed by atoms with Gasteiger partial charge in [0.2, 0.25) is 15.9 Å². The lowest BCUT2D eigenvalue weighted by Crippen LogP contribution is -2.43. The molecule has 0 aromatic heterocycles. The van der Waals surface area contributed by atoms with Crippen molar-refractivity contribution in [2.45, 2.75) is 30.5 Å². The maximum atomic E-state index is 13.0. The number of alkyl halides is 3. The Bertz CT molecular complexity index is 963. The Hall–Kier alpha value is -2.17. The first-order valence-electron chi connectivity index (χ1n) is 7.89.